The summed E-state index contributed by atoms with van der Waals surface area (Å²) in [4.78, 5) is 15.8. The molecule has 0 radical (unpaired) electrons. The molecular formula is C17H21N3O2. The predicted octanol–water partition coefficient (Wildman–Crippen LogP) is 1.54. The van der Waals surface area contributed by atoms with Crippen LogP contribution >= 0.6 is 0 Å². The molecule has 1 amide bonds. The van der Waals surface area contributed by atoms with E-state index in [1.54, 1.807) is 13.3 Å². The Hall–Kier alpha value is -2.40. The van der Waals surface area contributed by atoms with Crippen LogP contribution in [0.2, 0.25) is 0 Å². The molecule has 0 spiro atoms. The van der Waals surface area contributed by atoms with Crippen LogP contribution in [-0.2, 0) is 17.8 Å². The summed E-state index contributed by atoms with van der Waals surface area (Å²) in [6, 6.07) is 13.6. The topological polar surface area (TPSA) is 63.2 Å². The van der Waals surface area contributed by atoms with E-state index in [4.69, 9.17) is 4.74 Å². The standard InChI is InChI=1S/C17H21N3O2/c1-22-16-7-5-14(6-8-16)9-11-18-13-17(21)20-12-15-4-2-3-10-19-15/h2-8,10,18H,9,11-13H2,1H3,(H,20,21). The lowest BCUT2D eigenvalue weighted by molar-refractivity contribution is -0.120. The summed E-state index contributed by atoms with van der Waals surface area (Å²) in [5, 5.41) is 5.97. The summed E-state index contributed by atoms with van der Waals surface area (Å²) in [6.45, 7) is 1.52. The summed E-state index contributed by atoms with van der Waals surface area (Å²) in [5.74, 6) is 0.825. The molecule has 0 saturated carbocycles. The molecule has 1 aromatic heterocycles. The Balaban J connectivity index is 1.60. The Bertz CT molecular complexity index is 570. The van der Waals surface area contributed by atoms with Gasteiger partial charge in [-0.25, -0.2) is 0 Å². The number of methoxy groups -OCH3 is 1. The van der Waals surface area contributed by atoms with Crippen molar-refractivity contribution in [2.75, 3.05) is 20.2 Å². The van der Waals surface area contributed by atoms with Crippen molar-refractivity contribution in [2.24, 2.45) is 0 Å². The molecule has 0 aliphatic rings. The minimum atomic E-state index is -0.0274. The molecule has 1 heterocycles. The van der Waals surface area contributed by atoms with Crippen LogP contribution in [0.5, 0.6) is 5.75 Å². The summed E-state index contributed by atoms with van der Waals surface area (Å²) in [5.41, 5.74) is 2.07. The van der Waals surface area contributed by atoms with Crippen molar-refractivity contribution in [3.8, 4) is 5.75 Å². The van der Waals surface area contributed by atoms with Crippen LogP contribution < -0.4 is 15.4 Å². The number of nitrogens with one attached hydrogen (secondary N) is 2. The monoisotopic (exact) mass is 299 g/mol. The Morgan fingerprint density at radius 1 is 1.18 bits per heavy atom. The van der Waals surface area contributed by atoms with E-state index in [2.05, 4.69) is 15.6 Å². The van der Waals surface area contributed by atoms with E-state index >= 15 is 0 Å². The first kappa shape index (κ1) is 16.0. The number of aromatic nitrogens is 1. The second kappa shape index (κ2) is 8.79. The van der Waals surface area contributed by atoms with Crippen LogP contribution in [0.4, 0.5) is 0 Å². The van der Waals surface area contributed by atoms with Crippen LogP contribution in [0, 0.1) is 0 Å². The molecule has 5 nitrogen and oxygen atoms in total. The highest BCUT2D eigenvalue weighted by Gasteiger charge is 2.01. The van der Waals surface area contributed by atoms with Gasteiger partial charge in [0.15, 0.2) is 0 Å². The van der Waals surface area contributed by atoms with Crippen molar-refractivity contribution in [2.45, 2.75) is 13.0 Å². The van der Waals surface area contributed by atoms with Gasteiger partial charge in [-0.1, -0.05) is 18.2 Å². The van der Waals surface area contributed by atoms with Gasteiger partial charge in [-0.3, -0.25) is 9.78 Å². The number of carbonyl (C=O) groups is 1. The van der Waals surface area contributed by atoms with Gasteiger partial charge in [-0.05, 0) is 42.8 Å². The molecule has 0 bridgehead atoms. The Kier molecular flexibility index (Phi) is 6.39. The summed E-state index contributed by atoms with van der Waals surface area (Å²) >= 11 is 0. The molecular weight excluding hydrogens is 278 g/mol. The Morgan fingerprint density at radius 2 is 2.00 bits per heavy atom. The van der Waals surface area contributed by atoms with Crippen LogP contribution in [0.3, 0.4) is 0 Å². The largest absolute Gasteiger partial charge is 0.497 e. The summed E-state index contributed by atoms with van der Waals surface area (Å²) in [6.07, 6.45) is 2.59. The van der Waals surface area contributed by atoms with Crippen molar-refractivity contribution in [1.82, 2.24) is 15.6 Å². The number of hydrogen-bond donors (Lipinski definition) is 2. The van der Waals surface area contributed by atoms with E-state index < -0.39 is 0 Å². The number of amides is 1. The third-order valence-corrected chi connectivity index (χ3v) is 3.23. The number of nitrogens with zero attached hydrogens (tertiary/aromatic N) is 1. The first-order chi connectivity index (χ1) is 10.8. The zero-order chi connectivity index (χ0) is 15.6. The van der Waals surface area contributed by atoms with Crippen LogP contribution in [0.25, 0.3) is 0 Å². The lowest BCUT2D eigenvalue weighted by atomic mass is 10.1. The quantitative estimate of drug-likeness (QED) is 0.726. The van der Waals surface area contributed by atoms with Crippen molar-refractivity contribution < 1.29 is 9.53 Å². The lowest BCUT2D eigenvalue weighted by Gasteiger charge is -2.07. The van der Waals surface area contributed by atoms with E-state index in [1.807, 2.05) is 42.5 Å². The summed E-state index contributed by atoms with van der Waals surface area (Å²) in [7, 11) is 1.65. The molecule has 0 unspecified atom stereocenters. The Labute approximate surface area is 130 Å². The highest BCUT2D eigenvalue weighted by molar-refractivity contribution is 5.77. The van der Waals surface area contributed by atoms with Gasteiger partial charge in [-0.15, -0.1) is 0 Å². The van der Waals surface area contributed by atoms with Gasteiger partial charge in [-0.2, -0.15) is 0 Å². The van der Waals surface area contributed by atoms with E-state index in [-0.39, 0.29) is 5.91 Å². The molecule has 0 fully saturated rings. The maximum atomic E-state index is 11.7. The van der Waals surface area contributed by atoms with Gasteiger partial charge < -0.3 is 15.4 Å². The average molecular weight is 299 g/mol. The van der Waals surface area contributed by atoms with Crippen LogP contribution in [0.1, 0.15) is 11.3 Å². The zero-order valence-electron chi connectivity index (χ0n) is 12.7. The zero-order valence-corrected chi connectivity index (χ0v) is 12.7. The van der Waals surface area contributed by atoms with Gasteiger partial charge in [0.1, 0.15) is 5.75 Å². The first-order valence-corrected chi connectivity index (χ1v) is 7.28. The SMILES string of the molecule is COc1ccc(CCNCC(=O)NCc2ccccn2)cc1. The minimum Gasteiger partial charge on any atom is -0.497 e. The Morgan fingerprint density at radius 3 is 2.68 bits per heavy atom. The van der Waals surface area contributed by atoms with Gasteiger partial charge in [0.05, 0.1) is 25.9 Å². The molecule has 0 saturated heterocycles. The molecule has 0 aliphatic carbocycles. The number of ether oxygens (including phenoxy) is 1. The smallest absolute Gasteiger partial charge is 0.234 e. The molecule has 116 valence electrons. The van der Waals surface area contributed by atoms with E-state index in [1.165, 1.54) is 5.56 Å². The first-order valence-electron chi connectivity index (χ1n) is 7.28. The van der Waals surface area contributed by atoms with E-state index in [9.17, 15) is 4.79 Å². The van der Waals surface area contributed by atoms with Crippen molar-refractivity contribution in [1.29, 1.82) is 0 Å². The fourth-order valence-corrected chi connectivity index (χ4v) is 1.98. The normalized spacial score (nSPS) is 10.2. The van der Waals surface area contributed by atoms with E-state index in [0.29, 0.717) is 13.1 Å². The molecule has 0 atom stereocenters. The van der Waals surface area contributed by atoms with Gasteiger partial charge >= 0.3 is 0 Å². The molecule has 2 rings (SSSR count). The van der Waals surface area contributed by atoms with Gasteiger partial charge in [0, 0.05) is 6.20 Å². The van der Waals surface area contributed by atoms with Gasteiger partial charge in [0.25, 0.3) is 0 Å². The third-order valence-electron chi connectivity index (χ3n) is 3.23. The molecule has 0 aliphatic heterocycles. The van der Waals surface area contributed by atoms with Crippen LogP contribution in [0.15, 0.2) is 48.7 Å². The maximum absolute atomic E-state index is 11.7. The molecule has 2 N–H and O–H groups in total. The van der Waals surface area contributed by atoms with Crippen LogP contribution in [-0.4, -0.2) is 31.1 Å². The highest BCUT2D eigenvalue weighted by Crippen LogP contribution is 2.11. The fourth-order valence-electron chi connectivity index (χ4n) is 1.98. The van der Waals surface area contributed by atoms with Crippen molar-refractivity contribution in [3.63, 3.8) is 0 Å². The molecule has 5 heteroatoms. The number of pyridine rings is 1. The minimum absolute atomic E-state index is 0.0274. The number of carbonyl (C=O) groups excluding carboxylic acids is 1. The second-order valence-electron chi connectivity index (χ2n) is 4.87. The number of rotatable bonds is 8. The molecule has 1 aromatic carbocycles. The third kappa shape index (κ3) is 5.54. The van der Waals surface area contributed by atoms with Crippen molar-refractivity contribution in [3.05, 3.63) is 59.9 Å². The number of benzene rings is 1. The number of hydrogen-bond acceptors (Lipinski definition) is 4. The second-order valence-corrected chi connectivity index (χ2v) is 4.87. The average Bonchev–Trinajstić information content (AvgIpc) is 2.58. The fraction of sp³-hybridized carbons (Fsp3) is 0.294. The van der Waals surface area contributed by atoms with Crippen molar-refractivity contribution >= 4 is 5.91 Å². The molecule has 2 aromatic rings. The highest BCUT2D eigenvalue weighted by atomic mass is 16.5. The van der Waals surface area contributed by atoms with Gasteiger partial charge in [0.2, 0.25) is 5.91 Å². The predicted molar refractivity (Wildman–Crippen MR) is 85.7 cm³/mol. The lowest BCUT2D eigenvalue weighted by Crippen LogP contribution is -2.34. The molecule has 22 heavy (non-hydrogen) atoms. The summed E-state index contributed by atoms with van der Waals surface area (Å²) < 4.78 is 5.12. The van der Waals surface area contributed by atoms with E-state index in [0.717, 1.165) is 24.4 Å². The maximum Gasteiger partial charge on any atom is 0.234 e.